The molecule has 36 heavy (non-hydrogen) atoms. The van der Waals surface area contributed by atoms with Crippen LogP contribution < -0.4 is 0 Å². The molecule has 1 unspecified atom stereocenters. The molecule has 0 aliphatic carbocycles. The average Bonchev–Trinajstić information content (AvgIpc) is 2.94. The smallest absolute Gasteiger partial charge is 0.195 e. The Hall–Kier alpha value is -4.48. The number of Topliss-reactive ketones (excluding diaryl/α,β-unsaturated/α-hetero) is 3. The van der Waals surface area contributed by atoms with Gasteiger partial charge in [-0.2, -0.15) is 0 Å². The van der Waals surface area contributed by atoms with Crippen LogP contribution >= 0.6 is 0 Å². The van der Waals surface area contributed by atoms with Gasteiger partial charge in [-0.25, -0.2) is 0 Å². The molecule has 0 radical (unpaired) electrons. The Morgan fingerprint density at radius 3 is 1.14 bits per heavy atom. The van der Waals surface area contributed by atoms with Gasteiger partial charge in [0, 0.05) is 30.5 Å². The molecule has 4 rings (SSSR count). The number of benzene rings is 4. The number of carbonyl (C=O) groups is 4. The molecule has 0 fully saturated rings. The van der Waals surface area contributed by atoms with Crippen LogP contribution in [-0.4, -0.2) is 28.2 Å². The molecule has 5 nitrogen and oxygen atoms in total. The predicted octanol–water partition coefficient (Wildman–Crippen LogP) is 5.68. The van der Waals surface area contributed by atoms with Crippen LogP contribution in [0.2, 0.25) is 0 Å². The van der Waals surface area contributed by atoms with E-state index in [0.717, 1.165) is 11.1 Å². The highest BCUT2D eigenvalue weighted by Gasteiger charge is 2.18. The lowest BCUT2D eigenvalue weighted by atomic mass is 10.0. The minimum absolute atomic E-state index is 0.0752. The maximum absolute atomic E-state index is 11.9. The van der Waals surface area contributed by atoms with Crippen molar-refractivity contribution >= 4 is 23.1 Å². The molecule has 0 spiro atoms. The van der Waals surface area contributed by atoms with E-state index in [4.69, 9.17) is 0 Å². The molecule has 0 aliphatic rings. The van der Waals surface area contributed by atoms with Crippen LogP contribution in [0.5, 0.6) is 0 Å². The first-order valence-corrected chi connectivity index (χ1v) is 11.3. The highest BCUT2D eigenvalue weighted by atomic mass is 16.3. The molecular weight excluding hydrogens is 452 g/mol. The molecule has 0 saturated carbocycles. The van der Waals surface area contributed by atoms with Gasteiger partial charge in [-0.1, -0.05) is 121 Å². The summed E-state index contributed by atoms with van der Waals surface area (Å²) in [4.78, 5) is 43.3. The third-order valence-corrected chi connectivity index (χ3v) is 4.99. The Kier molecular flexibility index (Phi) is 11.3. The quantitative estimate of drug-likeness (QED) is 0.283. The minimum Gasteiger partial charge on any atom is -0.380 e. The molecule has 0 amide bonds. The van der Waals surface area contributed by atoms with E-state index in [0.29, 0.717) is 11.1 Å². The number of ketones is 4. The molecule has 0 bridgehead atoms. The Morgan fingerprint density at radius 2 is 0.806 bits per heavy atom. The standard InChI is InChI=1S/C14H12O2.C13H10O.C4H6O2/c15-13(11-7-3-1-4-8-11)14(16)12-9-5-2-6-10-12;14-13(11-7-3-1-4-8-11)12-9-5-2-6-10-12;1-3(5)4(2)6/h1-10,13,15H;1-10H;1-2H3. The number of aliphatic hydroxyl groups excluding tert-OH is 1. The SMILES string of the molecule is CC(=O)C(C)=O.O=C(c1ccccc1)C(O)c1ccccc1.O=C(c1ccccc1)c1ccccc1. The fraction of sp³-hybridized carbons (Fsp3) is 0.0968. The van der Waals surface area contributed by atoms with E-state index in [1.807, 2.05) is 72.8 Å². The Morgan fingerprint density at radius 1 is 0.500 bits per heavy atom. The van der Waals surface area contributed by atoms with Crippen LogP contribution in [-0.2, 0) is 9.59 Å². The zero-order valence-electron chi connectivity index (χ0n) is 20.2. The lowest BCUT2D eigenvalue weighted by molar-refractivity contribution is -0.134. The van der Waals surface area contributed by atoms with Crippen molar-refractivity contribution in [1.29, 1.82) is 0 Å². The molecule has 5 heteroatoms. The van der Waals surface area contributed by atoms with Crippen molar-refractivity contribution in [3.8, 4) is 0 Å². The third kappa shape index (κ3) is 9.05. The number of hydrogen-bond acceptors (Lipinski definition) is 5. The summed E-state index contributed by atoms with van der Waals surface area (Å²) < 4.78 is 0. The molecular formula is C31H28O5. The molecule has 1 N–H and O–H groups in total. The van der Waals surface area contributed by atoms with Crippen molar-refractivity contribution in [1.82, 2.24) is 0 Å². The average molecular weight is 481 g/mol. The van der Waals surface area contributed by atoms with Gasteiger partial charge in [-0.15, -0.1) is 0 Å². The van der Waals surface area contributed by atoms with Crippen molar-refractivity contribution < 1.29 is 24.3 Å². The van der Waals surface area contributed by atoms with Crippen molar-refractivity contribution in [3.63, 3.8) is 0 Å². The first-order chi connectivity index (χ1) is 17.3. The summed E-state index contributed by atoms with van der Waals surface area (Å²) in [6.07, 6.45) is -1.08. The highest BCUT2D eigenvalue weighted by molar-refractivity contribution is 6.35. The van der Waals surface area contributed by atoms with Crippen LogP contribution in [0.25, 0.3) is 0 Å². The van der Waals surface area contributed by atoms with Gasteiger partial charge in [-0.05, 0) is 5.56 Å². The van der Waals surface area contributed by atoms with Crippen molar-refractivity contribution in [2.45, 2.75) is 20.0 Å². The molecule has 0 saturated heterocycles. The molecule has 182 valence electrons. The van der Waals surface area contributed by atoms with Crippen molar-refractivity contribution in [3.05, 3.63) is 144 Å². The predicted molar refractivity (Wildman–Crippen MR) is 140 cm³/mol. The molecule has 4 aromatic carbocycles. The fourth-order valence-corrected chi connectivity index (χ4v) is 2.89. The summed E-state index contributed by atoms with van der Waals surface area (Å²) in [6, 6.07) is 36.4. The van der Waals surface area contributed by atoms with Gasteiger partial charge >= 0.3 is 0 Å². The minimum atomic E-state index is -1.08. The number of carbonyl (C=O) groups excluding carboxylic acids is 4. The second kappa shape index (κ2) is 14.7. The number of rotatable bonds is 6. The van der Waals surface area contributed by atoms with Gasteiger partial charge in [0.05, 0.1) is 0 Å². The van der Waals surface area contributed by atoms with Crippen LogP contribution in [0.15, 0.2) is 121 Å². The maximum atomic E-state index is 11.9. The van der Waals surface area contributed by atoms with E-state index < -0.39 is 6.10 Å². The topological polar surface area (TPSA) is 88.5 Å². The van der Waals surface area contributed by atoms with Gasteiger partial charge in [0.1, 0.15) is 6.10 Å². The number of aliphatic hydroxyl groups is 1. The zero-order valence-corrected chi connectivity index (χ0v) is 20.2. The molecule has 0 aromatic heterocycles. The first kappa shape index (κ1) is 27.8. The summed E-state index contributed by atoms with van der Waals surface area (Å²) in [5, 5.41) is 9.89. The fourth-order valence-electron chi connectivity index (χ4n) is 2.89. The normalized spacial score (nSPS) is 10.4. The molecule has 4 aromatic rings. The van der Waals surface area contributed by atoms with Crippen LogP contribution in [0.1, 0.15) is 51.8 Å². The van der Waals surface area contributed by atoms with Gasteiger partial charge in [0.25, 0.3) is 0 Å². The largest absolute Gasteiger partial charge is 0.380 e. The van der Waals surface area contributed by atoms with E-state index >= 15 is 0 Å². The van der Waals surface area contributed by atoms with Gasteiger partial charge < -0.3 is 5.11 Å². The van der Waals surface area contributed by atoms with Crippen LogP contribution in [0.4, 0.5) is 0 Å². The second-order valence-electron chi connectivity index (χ2n) is 7.72. The van der Waals surface area contributed by atoms with E-state index in [1.165, 1.54) is 13.8 Å². The maximum Gasteiger partial charge on any atom is 0.195 e. The van der Waals surface area contributed by atoms with E-state index in [1.54, 1.807) is 48.5 Å². The van der Waals surface area contributed by atoms with E-state index in [9.17, 15) is 24.3 Å². The van der Waals surface area contributed by atoms with Gasteiger partial charge in [0.2, 0.25) is 0 Å². The van der Waals surface area contributed by atoms with Gasteiger partial charge in [0.15, 0.2) is 23.1 Å². The summed E-state index contributed by atoms with van der Waals surface area (Å²) in [5.41, 5.74) is 2.62. The summed E-state index contributed by atoms with van der Waals surface area (Å²) in [7, 11) is 0. The van der Waals surface area contributed by atoms with E-state index in [2.05, 4.69) is 0 Å². The summed E-state index contributed by atoms with van der Waals surface area (Å²) in [6.45, 7) is 2.50. The van der Waals surface area contributed by atoms with Crippen molar-refractivity contribution in [2.75, 3.05) is 0 Å². The Bertz CT molecular complexity index is 1200. The third-order valence-electron chi connectivity index (χ3n) is 4.99. The molecule has 0 aliphatic heterocycles. The molecule has 1 atom stereocenters. The van der Waals surface area contributed by atoms with Crippen LogP contribution in [0, 0.1) is 0 Å². The highest BCUT2D eigenvalue weighted by Crippen LogP contribution is 2.17. The lowest BCUT2D eigenvalue weighted by Gasteiger charge is -2.09. The summed E-state index contributed by atoms with van der Waals surface area (Å²) in [5.74, 6) is -0.956. The number of hydrogen-bond donors (Lipinski definition) is 1. The second-order valence-corrected chi connectivity index (χ2v) is 7.72. The Balaban J connectivity index is 0.000000209. The molecule has 0 heterocycles. The lowest BCUT2D eigenvalue weighted by Crippen LogP contribution is -2.11. The zero-order chi connectivity index (χ0) is 26.3. The van der Waals surface area contributed by atoms with Crippen molar-refractivity contribution in [2.24, 2.45) is 0 Å². The van der Waals surface area contributed by atoms with E-state index in [-0.39, 0.29) is 23.1 Å². The Labute approximate surface area is 211 Å². The first-order valence-electron chi connectivity index (χ1n) is 11.3. The van der Waals surface area contributed by atoms with Gasteiger partial charge in [-0.3, -0.25) is 19.2 Å². The monoisotopic (exact) mass is 480 g/mol. The summed E-state index contributed by atoms with van der Waals surface area (Å²) >= 11 is 0. The van der Waals surface area contributed by atoms with Crippen LogP contribution in [0.3, 0.4) is 0 Å².